The number of aliphatic hydroxyl groups excluding tert-OH is 1. The summed E-state index contributed by atoms with van der Waals surface area (Å²) in [5, 5.41) is 9.66. The topological polar surface area (TPSA) is 92.9 Å². The number of fused-ring (bicyclic) bond motifs is 1. The van der Waals surface area contributed by atoms with E-state index in [1.807, 2.05) is 30.3 Å². The Balaban J connectivity index is 2.21. The minimum absolute atomic E-state index is 0.00843. The normalized spacial score (nSPS) is 11.2. The number of thioether (sulfide) groups is 1. The van der Waals surface area contributed by atoms with Crippen LogP contribution in [0.5, 0.6) is 0 Å². The number of aromatic nitrogens is 4. The number of aryl methyl sites for hydroxylation is 1. The first kappa shape index (κ1) is 15.6. The molecule has 8 heteroatoms. The Morgan fingerprint density at radius 1 is 1.26 bits per heavy atom. The summed E-state index contributed by atoms with van der Waals surface area (Å²) in [5.41, 5.74) is 0.769. The fourth-order valence-corrected chi connectivity index (χ4v) is 3.11. The van der Waals surface area contributed by atoms with Crippen LogP contribution in [-0.4, -0.2) is 36.6 Å². The van der Waals surface area contributed by atoms with Gasteiger partial charge in [-0.2, -0.15) is 0 Å². The Labute approximate surface area is 135 Å². The Morgan fingerprint density at radius 2 is 2.00 bits per heavy atom. The second kappa shape index (κ2) is 6.43. The molecule has 0 bridgehead atoms. The maximum atomic E-state index is 12.3. The zero-order valence-electron chi connectivity index (χ0n) is 12.5. The van der Waals surface area contributed by atoms with Crippen molar-refractivity contribution in [3.8, 4) is 0 Å². The highest BCUT2D eigenvalue weighted by Gasteiger charge is 2.17. The Bertz CT molecular complexity index is 943. The maximum absolute atomic E-state index is 12.3. The summed E-state index contributed by atoms with van der Waals surface area (Å²) in [5.74, 6) is 0.462. The van der Waals surface area contributed by atoms with Crippen LogP contribution in [0.15, 0.2) is 45.1 Å². The predicted molar refractivity (Wildman–Crippen MR) is 88.9 cm³/mol. The van der Waals surface area contributed by atoms with Crippen molar-refractivity contribution in [2.45, 2.75) is 11.7 Å². The molecule has 2 aromatic heterocycles. The van der Waals surface area contributed by atoms with Crippen molar-refractivity contribution in [2.75, 3.05) is 12.4 Å². The van der Waals surface area contributed by atoms with Crippen molar-refractivity contribution in [3.05, 3.63) is 56.7 Å². The van der Waals surface area contributed by atoms with Gasteiger partial charge in [0.15, 0.2) is 16.3 Å². The van der Waals surface area contributed by atoms with Crippen LogP contribution >= 0.6 is 11.8 Å². The number of nitrogens with one attached hydrogen (secondary N) is 1. The molecule has 1 aromatic carbocycles. The molecule has 0 amide bonds. The summed E-state index contributed by atoms with van der Waals surface area (Å²) < 4.78 is 3.10. The molecule has 0 saturated carbocycles. The van der Waals surface area contributed by atoms with Crippen molar-refractivity contribution in [3.63, 3.8) is 0 Å². The molecule has 0 fully saturated rings. The SMILES string of the molecule is Cn1c(=O)[nH]c(=O)c2c1nc(SCCO)n2Cc1ccccc1. The van der Waals surface area contributed by atoms with Crippen LogP contribution < -0.4 is 11.2 Å². The molecule has 23 heavy (non-hydrogen) atoms. The van der Waals surface area contributed by atoms with Crippen LogP contribution in [-0.2, 0) is 13.6 Å². The van der Waals surface area contributed by atoms with E-state index < -0.39 is 11.2 Å². The molecule has 0 aliphatic carbocycles. The van der Waals surface area contributed by atoms with Gasteiger partial charge in [-0.25, -0.2) is 9.78 Å². The zero-order valence-corrected chi connectivity index (χ0v) is 13.3. The Morgan fingerprint density at radius 3 is 2.70 bits per heavy atom. The van der Waals surface area contributed by atoms with E-state index in [0.717, 1.165) is 5.56 Å². The number of aromatic amines is 1. The van der Waals surface area contributed by atoms with Crippen LogP contribution in [0.25, 0.3) is 11.2 Å². The van der Waals surface area contributed by atoms with Crippen LogP contribution in [0.2, 0.25) is 0 Å². The first-order chi connectivity index (χ1) is 11.1. The van der Waals surface area contributed by atoms with Gasteiger partial charge in [0.1, 0.15) is 0 Å². The van der Waals surface area contributed by atoms with E-state index in [2.05, 4.69) is 9.97 Å². The van der Waals surface area contributed by atoms with E-state index in [9.17, 15) is 9.59 Å². The summed E-state index contributed by atoms with van der Waals surface area (Å²) >= 11 is 1.35. The van der Waals surface area contributed by atoms with Crippen molar-refractivity contribution < 1.29 is 5.11 Å². The number of aliphatic hydroxyl groups is 1. The number of H-pyrrole nitrogens is 1. The quantitative estimate of drug-likeness (QED) is 0.666. The molecule has 7 nitrogen and oxygen atoms in total. The van der Waals surface area contributed by atoms with Crippen molar-refractivity contribution in [1.29, 1.82) is 0 Å². The summed E-state index contributed by atoms with van der Waals surface area (Å²) in [6.07, 6.45) is 0. The number of hydrogen-bond donors (Lipinski definition) is 2. The molecule has 2 heterocycles. The van der Waals surface area contributed by atoms with Gasteiger partial charge in [-0.1, -0.05) is 42.1 Å². The molecular weight excluding hydrogens is 316 g/mol. The van der Waals surface area contributed by atoms with Crippen LogP contribution in [0.3, 0.4) is 0 Å². The van der Waals surface area contributed by atoms with E-state index >= 15 is 0 Å². The van der Waals surface area contributed by atoms with Gasteiger partial charge in [0.25, 0.3) is 5.56 Å². The fraction of sp³-hybridized carbons (Fsp3) is 0.267. The van der Waals surface area contributed by atoms with Gasteiger partial charge < -0.3 is 9.67 Å². The second-order valence-electron chi connectivity index (χ2n) is 5.03. The van der Waals surface area contributed by atoms with Crippen molar-refractivity contribution >= 4 is 22.9 Å². The molecule has 0 spiro atoms. The van der Waals surface area contributed by atoms with Crippen LogP contribution in [0.4, 0.5) is 0 Å². The highest BCUT2D eigenvalue weighted by Crippen LogP contribution is 2.22. The van der Waals surface area contributed by atoms with E-state index in [1.165, 1.54) is 16.3 Å². The highest BCUT2D eigenvalue weighted by molar-refractivity contribution is 7.99. The third-order valence-corrected chi connectivity index (χ3v) is 4.43. The molecule has 0 saturated heterocycles. The van der Waals surface area contributed by atoms with Gasteiger partial charge in [0, 0.05) is 12.8 Å². The van der Waals surface area contributed by atoms with E-state index in [4.69, 9.17) is 5.11 Å². The number of imidazole rings is 1. The molecule has 120 valence electrons. The van der Waals surface area contributed by atoms with E-state index in [-0.39, 0.29) is 6.61 Å². The molecule has 3 aromatic rings. The predicted octanol–water partition coefficient (Wildman–Crippen LogP) is 0.556. The largest absolute Gasteiger partial charge is 0.396 e. The van der Waals surface area contributed by atoms with Gasteiger partial charge >= 0.3 is 5.69 Å². The second-order valence-corrected chi connectivity index (χ2v) is 6.09. The van der Waals surface area contributed by atoms with Crippen LogP contribution in [0, 0.1) is 0 Å². The minimum atomic E-state index is -0.495. The lowest BCUT2D eigenvalue weighted by molar-refractivity contribution is 0.322. The third-order valence-electron chi connectivity index (χ3n) is 3.48. The molecule has 0 aliphatic rings. The average molecular weight is 332 g/mol. The molecule has 3 rings (SSSR count). The van der Waals surface area contributed by atoms with Crippen molar-refractivity contribution in [2.24, 2.45) is 7.05 Å². The first-order valence-corrected chi connectivity index (χ1v) is 8.07. The summed E-state index contributed by atoms with van der Waals surface area (Å²) in [6.45, 7) is 0.473. The van der Waals surface area contributed by atoms with E-state index in [0.29, 0.717) is 28.6 Å². The molecule has 2 N–H and O–H groups in total. The third kappa shape index (κ3) is 2.95. The zero-order chi connectivity index (χ0) is 16.4. The minimum Gasteiger partial charge on any atom is -0.396 e. The maximum Gasteiger partial charge on any atom is 0.329 e. The lowest BCUT2D eigenvalue weighted by Gasteiger charge is -2.08. The number of benzene rings is 1. The van der Waals surface area contributed by atoms with Crippen LogP contribution in [0.1, 0.15) is 5.56 Å². The molecule has 0 unspecified atom stereocenters. The van der Waals surface area contributed by atoms with Gasteiger partial charge in [0.2, 0.25) is 0 Å². The first-order valence-electron chi connectivity index (χ1n) is 7.09. The van der Waals surface area contributed by atoms with Gasteiger partial charge in [0.05, 0.1) is 13.2 Å². The average Bonchev–Trinajstić information content (AvgIpc) is 2.91. The van der Waals surface area contributed by atoms with Crippen molar-refractivity contribution in [1.82, 2.24) is 19.1 Å². The molecular formula is C15H16N4O3S. The van der Waals surface area contributed by atoms with Gasteiger partial charge in [-0.15, -0.1) is 0 Å². The lowest BCUT2D eigenvalue weighted by Crippen LogP contribution is -2.29. The lowest BCUT2D eigenvalue weighted by atomic mass is 10.2. The standard InChI is InChI=1S/C15H16N4O3S/c1-18-12-11(13(21)17-14(18)22)19(15(16-12)23-8-7-20)9-10-5-3-2-4-6-10/h2-6,20H,7-9H2,1H3,(H,17,21,22). The number of hydrogen-bond acceptors (Lipinski definition) is 5. The van der Waals surface area contributed by atoms with Gasteiger partial charge in [-0.3, -0.25) is 14.3 Å². The molecule has 0 atom stereocenters. The number of nitrogens with zero attached hydrogens (tertiary/aromatic N) is 3. The Kier molecular flexibility index (Phi) is 4.35. The fourth-order valence-electron chi connectivity index (χ4n) is 2.37. The summed E-state index contributed by atoms with van der Waals surface area (Å²) in [7, 11) is 1.57. The molecule has 0 radical (unpaired) electrons. The summed E-state index contributed by atoms with van der Waals surface area (Å²) in [4.78, 5) is 30.8. The monoisotopic (exact) mass is 332 g/mol. The Hall–Kier alpha value is -2.32. The number of rotatable bonds is 5. The van der Waals surface area contributed by atoms with E-state index in [1.54, 1.807) is 11.6 Å². The highest BCUT2D eigenvalue weighted by atomic mass is 32.2. The van der Waals surface area contributed by atoms with Gasteiger partial charge in [-0.05, 0) is 5.56 Å². The summed E-state index contributed by atoms with van der Waals surface area (Å²) in [6, 6.07) is 9.70. The molecule has 0 aliphatic heterocycles. The smallest absolute Gasteiger partial charge is 0.329 e.